The number of hydrogen-bond acceptors (Lipinski definition) is 47. The molecule has 0 amide bonds. The molecule has 2 aromatic rings. The van der Waals surface area contributed by atoms with Gasteiger partial charge in [-0.1, -0.05) is 27.7 Å². The van der Waals surface area contributed by atoms with E-state index in [0.717, 1.165) is 25.6 Å². The molecule has 5 atom stereocenters. The third-order valence-corrected chi connectivity index (χ3v) is 20.1. The van der Waals surface area contributed by atoms with E-state index in [0.29, 0.717) is 64.3 Å². The number of carboxylic acids is 4. The summed E-state index contributed by atoms with van der Waals surface area (Å²) >= 11 is 3.13. The van der Waals surface area contributed by atoms with Gasteiger partial charge in [0.2, 0.25) is 27.2 Å². The molecule has 0 saturated carbocycles. The van der Waals surface area contributed by atoms with Gasteiger partial charge in [-0.15, -0.1) is 0 Å². The SMILES string of the molecule is C=C1OC(C)=C(COC(=O)SC[C@H](CC(=O)OCc2oc(=O)oc2C)C(=O)O)O1.C=C1OC(C)=C(COC(=O)SC[C@H](CC(C)=O)C(=O)OCC)O1.CC(=O)C[C@@H](CSC(=O)OCc1oc(=O)oc1C)C(=O)O.CC(=O)OCOC(=O)C[C@@H](C(=O)O)C(C)(C)SC(=O)OCOC(C)=O.CC(C)C(=O)OCOC(=O)C[C@@H](C(=O)O)C(C)(C)SC(=O)OCOC(=O)C(C)C. The van der Waals surface area contributed by atoms with Gasteiger partial charge >= 0.3 is 110 Å². The van der Waals surface area contributed by atoms with Crippen LogP contribution >= 0.6 is 58.8 Å². The van der Waals surface area contributed by atoms with Crippen molar-refractivity contribution in [1.82, 2.24) is 0 Å². The molecular weight excluding hydrogens is 1810 g/mol. The first-order valence-corrected chi connectivity index (χ1v) is 41.5. The van der Waals surface area contributed by atoms with Crippen LogP contribution in [0.4, 0.5) is 24.0 Å². The number of ketones is 2. The van der Waals surface area contributed by atoms with Crippen molar-refractivity contribution >= 4 is 169 Å². The number of carbonyl (C=O) groups excluding carboxylic acids is 15. The first-order chi connectivity index (χ1) is 59.0. The second kappa shape index (κ2) is 59.3. The van der Waals surface area contributed by atoms with Crippen molar-refractivity contribution < 1.29 is 210 Å². The van der Waals surface area contributed by atoms with Crippen LogP contribution in [0.3, 0.4) is 0 Å². The molecule has 0 saturated heterocycles. The highest BCUT2D eigenvalue weighted by Crippen LogP contribution is 2.38. The van der Waals surface area contributed by atoms with Crippen molar-refractivity contribution in [3.8, 4) is 0 Å². The summed E-state index contributed by atoms with van der Waals surface area (Å²) in [6.45, 7) is 28.8. The number of rotatable bonds is 44. The summed E-state index contributed by atoms with van der Waals surface area (Å²) in [6, 6.07) is 0. The molecular formula is C76H100O46S5. The van der Waals surface area contributed by atoms with E-state index in [-0.39, 0.29) is 121 Å². The van der Waals surface area contributed by atoms with E-state index in [1.54, 1.807) is 48.5 Å². The predicted octanol–water partition coefficient (Wildman–Crippen LogP) is 10.5. The quantitative estimate of drug-likeness (QED) is 0.0272. The zero-order chi connectivity index (χ0) is 97.3. The van der Waals surface area contributed by atoms with Crippen LogP contribution in [0.25, 0.3) is 0 Å². The van der Waals surface area contributed by atoms with E-state index in [4.69, 9.17) is 66.7 Å². The maximum Gasteiger partial charge on any atom is 0.519 e. The lowest BCUT2D eigenvalue weighted by Crippen LogP contribution is -2.37. The maximum atomic E-state index is 11.9. The molecule has 0 aliphatic carbocycles. The zero-order valence-electron chi connectivity index (χ0n) is 72.0. The number of thioether (sulfide) groups is 5. The highest BCUT2D eigenvalue weighted by atomic mass is 32.2. The molecule has 2 aliphatic heterocycles. The Kier molecular flexibility index (Phi) is 53.8. The van der Waals surface area contributed by atoms with Gasteiger partial charge in [0, 0.05) is 53.4 Å². The van der Waals surface area contributed by atoms with Crippen molar-refractivity contribution in [1.29, 1.82) is 0 Å². The Balaban J connectivity index is 0.00000157. The zero-order valence-corrected chi connectivity index (χ0v) is 76.0. The molecule has 0 spiro atoms. The van der Waals surface area contributed by atoms with Crippen LogP contribution in [0, 0.1) is 55.3 Å². The number of ether oxygens (including phenoxy) is 17. The molecule has 4 rings (SSSR count). The number of aliphatic carboxylic acids is 4. The number of allylic oxidation sites excluding steroid dienone is 2. The van der Waals surface area contributed by atoms with Crippen LogP contribution in [0.2, 0.25) is 0 Å². The molecule has 51 heteroatoms. The summed E-state index contributed by atoms with van der Waals surface area (Å²) in [7, 11) is 0. The summed E-state index contributed by atoms with van der Waals surface area (Å²) in [5.74, 6) is -17.0. The van der Waals surface area contributed by atoms with Gasteiger partial charge in [-0.05, 0) is 148 Å². The Hall–Kier alpha value is -11.7. The molecule has 0 aromatic carbocycles. The molecule has 0 bridgehead atoms. The maximum absolute atomic E-state index is 11.9. The fourth-order valence-electron chi connectivity index (χ4n) is 8.50. The standard InChI is InChI=1S/C18H28O10S.C17H18O11S.C15H20O7S.C14H20O10S.C12H14O8S/c1-10(2)15(22)26-8-25-13(19)7-12(14(20)21)18(5,6)29-17(24)28-9-27-16(23)11(3)4;1-8-12(27-10(3)25-8)6-24-17(22)29-7-11(15(19)20)4-14(18)23-5-13-9(2)26-16(21)28-13;1-5-19-14(17)12(6-9(2)16)8-23-15(18)20-7-13-10(3)21-11(4)22-13;1-8(15)21-6-23-11(17)5-10(12(18)19)14(3,4)25-13(20)24-7-22-9(2)16;1-6(13)3-8(10(14)15)5-21-12(17)18-4-9-7(2)19-11(16)20-9/h10-12H,7-9H2,1-6H3,(H,20,21);11H,3-7H2,1-2H3,(H,19,20);12H,4-8H2,1-3H3;10H,5-7H2,1-4H3,(H,18,19);8H,3-5H2,1-2H3,(H,14,15)/t12-;11-;12-;10-;8-/m00000/s1. The number of aryl methyl sites for hydroxylation is 2. The summed E-state index contributed by atoms with van der Waals surface area (Å²) in [5, 5.41) is 33.1. The second-order valence-electron chi connectivity index (χ2n) is 27.1. The first kappa shape index (κ1) is 115. The van der Waals surface area contributed by atoms with Crippen molar-refractivity contribution in [2.24, 2.45) is 41.4 Å². The lowest BCUT2D eigenvalue weighted by Gasteiger charge is -2.28. The summed E-state index contributed by atoms with van der Waals surface area (Å²) in [4.78, 5) is 239. The largest absolute Gasteiger partial charge is 0.519 e. The summed E-state index contributed by atoms with van der Waals surface area (Å²) in [5.41, 5.74) is 0. The van der Waals surface area contributed by atoms with Crippen LogP contribution in [0.1, 0.15) is 159 Å². The van der Waals surface area contributed by atoms with Crippen molar-refractivity contribution in [2.45, 2.75) is 173 Å². The molecule has 710 valence electrons. The highest BCUT2D eigenvalue weighted by molar-refractivity contribution is 8.15. The third-order valence-electron chi connectivity index (χ3n) is 15.2. The average molecular weight is 1910 g/mol. The second-order valence-corrected chi connectivity index (χ2v) is 33.2. The van der Waals surface area contributed by atoms with Gasteiger partial charge in [-0.2, -0.15) is 0 Å². The van der Waals surface area contributed by atoms with E-state index in [1.165, 1.54) is 55.4 Å². The Morgan fingerprint density at radius 3 is 1.01 bits per heavy atom. The normalized spacial score (nSPS) is 13.0. The predicted molar refractivity (Wildman–Crippen MR) is 434 cm³/mol. The Bertz CT molecular complexity index is 4390. The third kappa shape index (κ3) is 50.9. The number of carboxylic acid groups (broad SMARTS) is 4. The molecule has 0 unspecified atom stereocenters. The van der Waals surface area contributed by atoms with Crippen LogP contribution in [0.5, 0.6) is 0 Å². The fourth-order valence-corrected chi connectivity index (χ4v) is 12.4. The van der Waals surface area contributed by atoms with Crippen molar-refractivity contribution in [2.75, 3.05) is 64.3 Å². The number of carbonyl (C=O) groups is 19. The average Bonchev–Trinajstić information content (AvgIpc) is 1.83. The fraction of sp³-hybridized carbons (Fsp3) is 0.566. The van der Waals surface area contributed by atoms with Crippen LogP contribution in [-0.2, 0) is 161 Å². The minimum atomic E-state index is -1.32. The Morgan fingerprint density at radius 1 is 0.370 bits per heavy atom. The van der Waals surface area contributed by atoms with Gasteiger partial charge < -0.3 is 128 Å². The van der Waals surface area contributed by atoms with E-state index in [9.17, 15) is 116 Å². The molecule has 2 aliphatic rings. The highest BCUT2D eigenvalue weighted by Gasteiger charge is 2.42. The van der Waals surface area contributed by atoms with E-state index in [2.05, 4.69) is 49.8 Å². The minimum Gasteiger partial charge on any atom is -0.481 e. The van der Waals surface area contributed by atoms with Gasteiger partial charge in [0.1, 0.15) is 23.1 Å². The van der Waals surface area contributed by atoms with Gasteiger partial charge in [0.15, 0.2) is 61.0 Å². The molecule has 46 nitrogen and oxygen atoms in total. The van der Waals surface area contributed by atoms with Crippen LogP contribution in [0.15, 0.2) is 75.3 Å². The van der Waals surface area contributed by atoms with E-state index in [1.807, 2.05) is 0 Å². The number of hydrogen-bond donors (Lipinski definition) is 4. The monoisotopic (exact) mass is 1910 g/mol. The van der Waals surface area contributed by atoms with E-state index < -0.39 is 201 Å². The Labute approximate surface area is 745 Å². The molecule has 0 fully saturated rings. The van der Waals surface area contributed by atoms with Gasteiger partial charge in [-0.3, -0.25) is 57.5 Å². The molecule has 127 heavy (non-hydrogen) atoms. The van der Waals surface area contributed by atoms with E-state index >= 15 is 0 Å². The topological polar surface area (TPSA) is 649 Å². The van der Waals surface area contributed by atoms with Crippen molar-refractivity contribution in [3.63, 3.8) is 0 Å². The van der Waals surface area contributed by atoms with Gasteiger partial charge in [-0.25, -0.2) is 33.6 Å². The molecule has 4 heterocycles. The number of esters is 8. The summed E-state index contributed by atoms with van der Waals surface area (Å²) < 4.78 is 97.9. The Morgan fingerprint density at radius 2 is 0.693 bits per heavy atom. The lowest BCUT2D eigenvalue weighted by atomic mass is 9.92. The summed E-state index contributed by atoms with van der Waals surface area (Å²) in [6.07, 6.45) is -1.71. The minimum absolute atomic E-state index is 0.0265. The van der Waals surface area contributed by atoms with Crippen LogP contribution < -0.4 is 11.6 Å². The first-order valence-electron chi connectivity index (χ1n) is 36.9. The number of Topliss-reactive ketones (excluding diaryl/α,β-unsaturated/α-hetero) is 2. The smallest absolute Gasteiger partial charge is 0.481 e. The molecule has 2 aromatic heterocycles. The lowest BCUT2D eigenvalue weighted by molar-refractivity contribution is -0.172. The molecule has 0 radical (unpaired) electrons. The van der Waals surface area contributed by atoms with Gasteiger partial charge in [0.05, 0.1) is 67.3 Å². The van der Waals surface area contributed by atoms with Crippen molar-refractivity contribution in [3.05, 3.63) is 92.4 Å². The van der Waals surface area contributed by atoms with Crippen LogP contribution in [-0.4, -0.2) is 204 Å². The molecule has 4 N–H and O–H groups in total. The van der Waals surface area contributed by atoms with Gasteiger partial charge in [0.25, 0.3) is 11.9 Å².